The molecule has 128 valence electrons. The lowest BCUT2D eigenvalue weighted by Crippen LogP contribution is -2.45. The van der Waals surface area contributed by atoms with Crippen molar-refractivity contribution in [2.75, 3.05) is 26.7 Å². The van der Waals surface area contributed by atoms with Crippen LogP contribution in [-0.2, 0) is 4.74 Å². The van der Waals surface area contributed by atoms with Gasteiger partial charge in [-0.05, 0) is 45.6 Å². The Kier molecular flexibility index (Phi) is 5.28. The number of nitrogens with zero attached hydrogens (tertiary/aromatic N) is 3. The fourth-order valence-electron chi connectivity index (χ4n) is 2.75. The van der Waals surface area contributed by atoms with E-state index in [0.29, 0.717) is 18.8 Å². The number of likely N-dealkylation sites (tertiary alicyclic amines) is 1. The number of amides is 2. The van der Waals surface area contributed by atoms with E-state index in [2.05, 4.69) is 10.2 Å². The third-order valence-electron chi connectivity index (χ3n) is 3.77. The summed E-state index contributed by atoms with van der Waals surface area (Å²) in [4.78, 5) is 27.8. The summed E-state index contributed by atoms with van der Waals surface area (Å²) >= 11 is 0. The van der Waals surface area contributed by atoms with Gasteiger partial charge in [0.1, 0.15) is 11.3 Å². The Morgan fingerprint density at radius 3 is 2.83 bits per heavy atom. The zero-order valence-corrected chi connectivity index (χ0v) is 14.3. The summed E-state index contributed by atoms with van der Waals surface area (Å²) in [6, 6.07) is 1.68. The molecule has 1 aliphatic rings. The van der Waals surface area contributed by atoms with Crippen LogP contribution >= 0.6 is 0 Å². The average molecular weight is 322 g/mol. The number of nitrogens with one attached hydrogen (secondary N) is 1. The summed E-state index contributed by atoms with van der Waals surface area (Å²) in [5, 5.41) is 6.53. The number of hydrogen-bond acceptors (Lipinski definition) is 4. The molecule has 0 aromatic carbocycles. The van der Waals surface area contributed by atoms with Crippen LogP contribution in [0.15, 0.2) is 12.3 Å². The van der Waals surface area contributed by atoms with Gasteiger partial charge in [0.05, 0.1) is 0 Å². The number of hydrogen-bond donors (Lipinski definition) is 1. The molecule has 1 aromatic heterocycles. The van der Waals surface area contributed by atoms with Crippen molar-refractivity contribution in [3.8, 4) is 0 Å². The lowest BCUT2D eigenvalue weighted by atomic mass is 9.97. The van der Waals surface area contributed by atoms with Crippen molar-refractivity contribution < 1.29 is 14.3 Å². The maximum atomic E-state index is 12.4. The first-order chi connectivity index (χ1) is 10.8. The summed E-state index contributed by atoms with van der Waals surface area (Å²) in [6.07, 6.45) is 3.19. The smallest absolute Gasteiger partial charge is 0.410 e. The molecule has 1 N–H and O–H groups in total. The Bertz CT molecular complexity index is 536. The lowest BCUT2D eigenvalue weighted by Gasteiger charge is -2.34. The molecule has 1 fully saturated rings. The lowest BCUT2D eigenvalue weighted by molar-refractivity contribution is 0.0244. The Morgan fingerprint density at radius 2 is 2.22 bits per heavy atom. The van der Waals surface area contributed by atoms with Gasteiger partial charge in [-0.15, -0.1) is 0 Å². The first kappa shape index (κ1) is 17.3. The molecule has 7 heteroatoms. The van der Waals surface area contributed by atoms with Crippen LogP contribution in [0.25, 0.3) is 0 Å². The maximum Gasteiger partial charge on any atom is 0.410 e. The van der Waals surface area contributed by atoms with Crippen LogP contribution in [0, 0.1) is 5.92 Å². The van der Waals surface area contributed by atoms with E-state index >= 15 is 0 Å². The molecule has 0 aliphatic carbocycles. The van der Waals surface area contributed by atoms with E-state index < -0.39 is 5.60 Å². The predicted molar refractivity (Wildman–Crippen MR) is 86.1 cm³/mol. The molecule has 2 rings (SSSR count). The molecule has 0 bridgehead atoms. The summed E-state index contributed by atoms with van der Waals surface area (Å²) in [6.45, 7) is 7.52. The number of carbonyl (C=O) groups excluding carboxylic acids is 2. The van der Waals surface area contributed by atoms with Crippen LogP contribution < -0.4 is 0 Å². The molecule has 0 spiro atoms. The highest BCUT2D eigenvalue weighted by atomic mass is 16.6. The number of carbonyl (C=O) groups is 2. The van der Waals surface area contributed by atoms with Gasteiger partial charge < -0.3 is 14.5 Å². The molecular weight excluding hydrogens is 296 g/mol. The first-order valence-corrected chi connectivity index (χ1v) is 7.99. The quantitative estimate of drug-likeness (QED) is 0.924. The number of aromatic amines is 1. The van der Waals surface area contributed by atoms with Gasteiger partial charge >= 0.3 is 6.09 Å². The topological polar surface area (TPSA) is 78.5 Å². The van der Waals surface area contributed by atoms with Gasteiger partial charge in [0.2, 0.25) is 0 Å². The Hall–Kier alpha value is -2.05. The molecule has 7 nitrogen and oxygen atoms in total. The van der Waals surface area contributed by atoms with E-state index in [-0.39, 0.29) is 17.9 Å². The average Bonchev–Trinajstić information content (AvgIpc) is 2.99. The highest BCUT2D eigenvalue weighted by molar-refractivity contribution is 5.92. The maximum absolute atomic E-state index is 12.4. The Labute approximate surface area is 137 Å². The minimum absolute atomic E-state index is 0.0351. The van der Waals surface area contributed by atoms with E-state index in [1.807, 2.05) is 25.7 Å². The van der Waals surface area contributed by atoms with Crippen molar-refractivity contribution in [2.24, 2.45) is 5.92 Å². The van der Waals surface area contributed by atoms with Gasteiger partial charge in [0, 0.05) is 32.9 Å². The summed E-state index contributed by atoms with van der Waals surface area (Å²) in [5.41, 5.74) is 0.00621. The van der Waals surface area contributed by atoms with Gasteiger partial charge in [0.25, 0.3) is 5.91 Å². The van der Waals surface area contributed by atoms with Gasteiger partial charge in [-0.2, -0.15) is 5.10 Å². The number of aromatic nitrogens is 2. The fourth-order valence-corrected chi connectivity index (χ4v) is 2.75. The van der Waals surface area contributed by atoms with Gasteiger partial charge in [-0.1, -0.05) is 0 Å². The number of rotatable bonds is 3. The Balaban J connectivity index is 1.88. The van der Waals surface area contributed by atoms with Gasteiger partial charge in [-0.25, -0.2) is 4.79 Å². The van der Waals surface area contributed by atoms with E-state index in [0.717, 1.165) is 19.4 Å². The van der Waals surface area contributed by atoms with Crippen LogP contribution in [0.2, 0.25) is 0 Å². The first-order valence-electron chi connectivity index (χ1n) is 7.99. The van der Waals surface area contributed by atoms with Crippen LogP contribution in [0.3, 0.4) is 0 Å². The van der Waals surface area contributed by atoms with Crippen LogP contribution in [0.5, 0.6) is 0 Å². The monoisotopic (exact) mass is 322 g/mol. The second-order valence-electron chi connectivity index (χ2n) is 7.09. The largest absolute Gasteiger partial charge is 0.444 e. The summed E-state index contributed by atoms with van der Waals surface area (Å²) in [7, 11) is 1.74. The molecule has 2 heterocycles. The van der Waals surface area contributed by atoms with Crippen molar-refractivity contribution in [2.45, 2.75) is 39.2 Å². The highest BCUT2D eigenvalue weighted by Crippen LogP contribution is 2.20. The minimum atomic E-state index is -0.499. The van der Waals surface area contributed by atoms with E-state index in [9.17, 15) is 9.59 Å². The zero-order valence-electron chi connectivity index (χ0n) is 14.3. The molecule has 1 atom stereocenters. The van der Waals surface area contributed by atoms with Crippen LogP contribution in [0.1, 0.15) is 44.1 Å². The van der Waals surface area contributed by atoms with Crippen molar-refractivity contribution in [1.82, 2.24) is 20.0 Å². The third kappa shape index (κ3) is 4.97. The fraction of sp³-hybridized carbons (Fsp3) is 0.688. The second kappa shape index (κ2) is 7.02. The van der Waals surface area contributed by atoms with Crippen LogP contribution in [-0.4, -0.2) is 64.3 Å². The standard InChI is InChI=1S/C16H26N4O3/c1-16(2,3)23-15(22)19(4)10-12-6-5-9-20(11-12)14(21)13-7-8-17-18-13/h7-8,12H,5-6,9-11H2,1-4H3,(H,17,18). The van der Waals surface area contributed by atoms with Crippen molar-refractivity contribution in [3.63, 3.8) is 0 Å². The van der Waals surface area contributed by atoms with Gasteiger partial charge in [0.15, 0.2) is 0 Å². The molecule has 2 amide bonds. The summed E-state index contributed by atoms with van der Waals surface area (Å²) in [5.74, 6) is 0.222. The normalized spacial score (nSPS) is 18.6. The minimum Gasteiger partial charge on any atom is -0.444 e. The van der Waals surface area contributed by atoms with Crippen molar-refractivity contribution in [3.05, 3.63) is 18.0 Å². The molecule has 1 unspecified atom stereocenters. The van der Waals surface area contributed by atoms with Crippen LogP contribution in [0.4, 0.5) is 4.79 Å². The zero-order chi connectivity index (χ0) is 17.0. The molecule has 1 saturated heterocycles. The second-order valence-corrected chi connectivity index (χ2v) is 7.09. The van der Waals surface area contributed by atoms with Gasteiger partial charge in [-0.3, -0.25) is 9.89 Å². The van der Waals surface area contributed by atoms with Crippen molar-refractivity contribution >= 4 is 12.0 Å². The number of piperidine rings is 1. The molecule has 23 heavy (non-hydrogen) atoms. The third-order valence-corrected chi connectivity index (χ3v) is 3.77. The van der Waals surface area contributed by atoms with E-state index in [1.54, 1.807) is 24.2 Å². The predicted octanol–water partition coefficient (Wildman–Crippen LogP) is 2.13. The molecular formula is C16H26N4O3. The molecule has 0 radical (unpaired) electrons. The molecule has 1 aromatic rings. The molecule has 1 aliphatic heterocycles. The summed E-state index contributed by atoms with van der Waals surface area (Å²) < 4.78 is 5.37. The van der Waals surface area contributed by atoms with Crippen molar-refractivity contribution in [1.29, 1.82) is 0 Å². The number of ether oxygens (including phenoxy) is 1. The Morgan fingerprint density at radius 1 is 1.48 bits per heavy atom. The highest BCUT2D eigenvalue weighted by Gasteiger charge is 2.28. The van der Waals surface area contributed by atoms with E-state index in [4.69, 9.17) is 4.74 Å². The number of H-pyrrole nitrogens is 1. The van der Waals surface area contributed by atoms with E-state index in [1.165, 1.54) is 0 Å². The molecule has 0 saturated carbocycles. The SMILES string of the molecule is CN(CC1CCCN(C(=O)c2ccn[nH]2)C1)C(=O)OC(C)(C)C.